The van der Waals surface area contributed by atoms with Crippen LogP contribution in [0.4, 0.5) is 17.1 Å². The minimum Gasteiger partial charge on any atom is -0.309 e. The molecule has 0 aliphatic heterocycles. The summed E-state index contributed by atoms with van der Waals surface area (Å²) in [6.07, 6.45) is 7.82. The smallest absolute Gasteiger partial charge is 0.0886 e. The predicted octanol–water partition coefficient (Wildman–Crippen LogP) is 20.3. The molecular weight excluding hydrogens is 957 g/mol. The lowest BCUT2D eigenvalue weighted by Gasteiger charge is -2.26. The van der Waals surface area contributed by atoms with Crippen LogP contribution in [0, 0.1) is 0 Å². The van der Waals surface area contributed by atoms with Crippen LogP contribution in [0.25, 0.3) is 132 Å². The highest BCUT2D eigenvalue weighted by Crippen LogP contribution is 2.49. The van der Waals surface area contributed by atoms with Gasteiger partial charge < -0.3 is 4.90 Å². The van der Waals surface area contributed by atoms with Gasteiger partial charge in [0.25, 0.3) is 0 Å². The van der Waals surface area contributed by atoms with Crippen molar-refractivity contribution < 1.29 is 0 Å². The Morgan fingerprint density at radius 3 is 1.27 bits per heavy atom. The average molecular weight is 1010 g/mol. The van der Waals surface area contributed by atoms with Crippen LogP contribution in [0.1, 0.15) is 0 Å². The Hall–Kier alpha value is -10.6. The third kappa shape index (κ3) is 7.80. The minimum absolute atomic E-state index is 0.852. The number of fused-ring (bicyclic) bond motifs is 6. The van der Waals surface area contributed by atoms with E-state index >= 15 is 0 Å². The van der Waals surface area contributed by atoms with Crippen LogP contribution in [0.5, 0.6) is 0 Å². The largest absolute Gasteiger partial charge is 0.309 e. The quantitative estimate of drug-likeness (QED) is 0.135. The molecule has 4 nitrogen and oxygen atoms in total. The Morgan fingerprint density at radius 2 is 0.684 bits per heavy atom. The fourth-order valence-corrected chi connectivity index (χ4v) is 12.4. The molecule has 0 atom stereocenters. The Morgan fingerprint density at radius 1 is 0.241 bits per heavy atom. The Kier molecular flexibility index (Phi) is 11.2. The van der Waals surface area contributed by atoms with E-state index in [0.29, 0.717) is 0 Å². The zero-order valence-corrected chi connectivity index (χ0v) is 43.0. The normalized spacial score (nSPS) is 11.5. The minimum atomic E-state index is 0.852. The first-order valence-corrected chi connectivity index (χ1v) is 26.9. The van der Waals surface area contributed by atoms with Crippen molar-refractivity contribution in [1.29, 1.82) is 0 Å². The molecule has 15 rings (SSSR count). The average Bonchev–Trinajstić information content (AvgIpc) is 3.70. The summed E-state index contributed by atoms with van der Waals surface area (Å²) in [7, 11) is 0. The van der Waals surface area contributed by atoms with Gasteiger partial charge in [-0.25, -0.2) is 0 Å². The molecule has 12 aromatic carbocycles. The Bertz CT molecular complexity index is 4700. The maximum atomic E-state index is 5.03. The SMILES string of the molecule is c1ccc(N(c2ccc(-c3cccc4c(-c5c6ccccc6c(-c6ccc(-c7ccccn7)nc6)c6ccccc56)cccc34)cc2)c2cncc(-c3c4ccccc4c(-c4cccc5ccccc45)c4ccccc34)c2)cc1. The number of benzene rings is 12. The van der Waals surface area contributed by atoms with Crippen molar-refractivity contribution in [1.82, 2.24) is 15.0 Å². The van der Waals surface area contributed by atoms with Gasteiger partial charge in [-0.1, -0.05) is 218 Å². The maximum Gasteiger partial charge on any atom is 0.0886 e. The first-order chi connectivity index (χ1) is 39.2. The predicted molar refractivity (Wildman–Crippen MR) is 332 cm³/mol. The third-order valence-electron chi connectivity index (χ3n) is 15.8. The summed E-state index contributed by atoms with van der Waals surface area (Å²) in [5.41, 5.74) is 16.5. The molecular formula is C75H48N4. The first-order valence-electron chi connectivity index (χ1n) is 26.9. The van der Waals surface area contributed by atoms with Gasteiger partial charge in [-0.15, -0.1) is 0 Å². The zero-order chi connectivity index (χ0) is 52.2. The van der Waals surface area contributed by atoms with E-state index in [1.165, 1.54) is 104 Å². The van der Waals surface area contributed by atoms with E-state index in [9.17, 15) is 0 Å². The van der Waals surface area contributed by atoms with Crippen LogP contribution in [0.2, 0.25) is 0 Å². The lowest BCUT2D eigenvalue weighted by molar-refractivity contribution is 1.23. The molecule has 79 heavy (non-hydrogen) atoms. The molecule has 0 bridgehead atoms. The molecule has 3 heterocycles. The van der Waals surface area contributed by atoms with Crippen molar-refractivity contribution in [2.45, 2.75) is 0 Å². The van der Waals surface area contributed by atoms with Gasteiger partial charge >= 0.3 is 0 Å². The van der Waals surface area contributed by atoms with E-state index in [1.807, 2.05) is 43.0 Å². The fraction of sp³-hybridized carbons (Fsp3) is 0. The highest BCUT2D eigenvalue weighted by atomic mass is 15.1. The van der Waals surface area contributed by atoms with Crippen LogP contribution in [0.3, 0.4) is 0 Å². The molecule has 0 saturated heterocycles. The topological polar surface area (TPSA) is 41.9 Å². The van der Waals surface area contributed by atoms with Gasteiger partial charge in [-0.3, -0.25) is 15.0 Å². The number of rotatable bonds is 9. The van der Waals surface area contributed by atoms with Crippen molar-refractivity contribution in [3.8, 4) is 67.0 Å². The van der Waals surface area contributed by atoms with Crippen molar-refractivity contribution in [3.63, 3.8) is 0 Å². The third-order valence-corrected chi connectivity index (χ3v) is 15.8. The summed E-state index contributed by atoms with van der Waals surface area (Å²) in [6, 6.07) is 96.4. The lowest BCUT2D eigenvalue weighted by atomic mass is 9.84. The van der Waals surface area contributed by atoms with Gasteiger partial charge in [0.2, 0.25) is 0 Å². The summed E-state index contributed by atoms with van der Waals surface area (Å²) < 4.78 is 0. The van der Waals surface area contributed by atoms with Crippen molar-refractivity contribution in [2.75, 3.05) is 4.90 Å². The number of nitrogens with zero attached hydrogens (tertiary/aromatic N) is 4. The van der Waals surface area contributed by atoms with Gasteiger partial charge in [0.15, 0.2) is 0 Å². The number of para-hydroxylation sites is 1. The van der Waals surface area contributed by atoms with Crippen molar-refractivity contribution in [3.05, 3.63) is 292 Å². The van der Waals surface area contributed by atoms with Crippen LogP contribution >= 0.6 is 0 Å². The number of aromatic nitrogens is 3. The van der Waals surface area contributed by atoms with Gasteiger partial charge in [0.1, 0.15) is 0 Å². The van der Waals surface area contributed by atoms with Gasteiger partial charge in [0, 0.05) is 41.1 Å². The molecule has 0 spiro atoms. The van der Waals surface area contributed by atoms with Crippen LogP contribution in [-0.2, 0) is 0 Å². The number of pyridine rings is 3. The van der Waals surface area contributed by atoms with Crippen LogP contribution < -0.4 is 4.90 Å². The molecule has 4 heteroatoms. The second-order valence-corrected chi connectivity index (χ2v) is 20.2. The van der Waals surface area contributed by atoms with E-state index in [-0.39, 0.29) is 0 Å². The molecule has 0 N–H and O–H groups in total. The second-order valence-electron chi connectivity index (χ2n) is 20.2. The van der Waals surface area contributed by atoms with Crippen molar-refractivity contribution >= 4 is 81.7 Å². The lowest BCUT2D eigenvalue weighted by Crippen LogP contribution is -2.10. The summed E-state index contributed by atoms with van der Waals surface area (Å²) in [6.45, 7) is 0. The van der Waals surface area contributed by atoms with Gasteiger partial charge in [-0.2, -0.15) is 0 Å². The van der Waals surface area contributed by atoms with Crippen LogP contribution in [0.15, 0.2) is 292 Å². The Labute approximate surface area is 457 Å². The van der Waals surface area contributed by atoms with Gasteiger partial charge in [-0.05, 0) is 158 Å². The standard InChI is InChI=1S/C75H48N4/c1-2-21-53(22-3-1)79(55-45-52(46-76-48-55)73-64-26-8-12-30-68(64)74(69-31-13-9-27-65(69)73)60-35-16-20-49-19-4-5-23-57(49)60)54-41-38-50(39-42-54)56-32-17-34-59-58(56)33-18-36-61(59)75-66-28-10-6-24-62(66)72(63-25-7-11-29-67(63)75)51-40-43-71(78-47-51)70-37-14-15-44-77-70/h1-48H. The molecule has 0 radical (unpaired) electrons. The first kappa shape index (κ1) is 45.8. The maximum absolute atomic E-state index is 5.03. The molecule has 0 aliphatic carbocycles. The molecule has 15 aromatic rings. The second kappa shape index (κ2) is 19.2. The number of hydrogen-bond acceptors (Lipinski definition) is 4. The molecule has 3 aromatic heterocycles. The molecule has 368 valence electrons. The molecule has 0 fully saturated rings. The molecule has 0 saturated carbocycles. The van der Waals surface area contributed by atoms with Gasteiger partial charge in [0.05, 0.1) is 23.3 Å². The number of anilines is 3. The molecule has 0 aliphatic rings. The van der Waals surface area contributed by atoms with E-state index in [4.69, 9.17) is 9.97 Å². The van der Waals surface area contributed by atoms with E-state index < -0.39 is 0 Å². The summed E-state index contributed by atoms with van der Waals surface area (Å²) in [5, 5.41) is 14.5. The fourth-order valence-electron chi connectivity index (χ4n) is 12.4. The van der Waals surface area contributed by atoms with E-state index in [1.54, 1.807) is 0 Å². The zero-order valence-electron chi connectivity index (χ0n) is 43.0. The highest BCUT2D eigenvalue weighted by molar-refractivity contribution is 6.25. The molecule has 0 unspecified atom stereocenters. The van der Waals surface area contributed by atoms with Crippen LogP contribution in [-0.4, -0.2) is 15.0 Å². The molecule has 0 amide bonds. The van der Waals surface area contributed by atoms with E-state index in [0.717, 1.165) is 45.1 Å². The highest BCUT2D eigenvalue weighted by Gasteiger charge is 2.22. The summed E-state index contributed by atoms with van der Waals surface area (Å²) in [5.74, 6) is 0. The number of hydrogen-bond donors (Lipinski definition) is 0. The summed E-state index contributed by atoms with van der Waals surface area (Å²) in [4.78, 5) is 16.8. The monoisotopic (exact) mass is 1000 g/mol. The van der Waals surface area contributed by atoms with E-state index in [2.05, 4.69) is 259 Å². The summed E-state index contributed by atoms with van der Waals surface area (Å²) >= 11 is 0. The van der Waals surface area contributed by atoms with Crippen molar-refractivity contribution in [2.24, 2.45) is 0 Å². The Balaban J connectivity index is 0.832.